The zero-order valence-corrected chi connectivity index (χ0v) is 18.5. The molecule has 2 atom stereocenters. The van der Waals surface area contributed by atoms with Crippen LogP contribution < -0.4 is 10.2 Å². The molecule has 2 aromatic carbocycles. The highest BCUT2D eigenvalue weighted by Crippen LogP contribution is 2.37. The standard InChI is InChI=1S/C24H21ClN4O4/c1-13-26-21-17-7-2-3-8-19(17)33-22(21)23(27-13)29-12-14(9-18(29)24(31)32)10-20(30)28-16-6-4-5-15(25)11-16/h2-8,11,14,18H,9-10,12H2,1H3,(H,28,30)(H,31,32)/t14-,18+/m1/s1. The molecule has 1 saturated heterocycles. The van der Waals surface area contributed by atoms with E-state index in [1.165, 1.54) is 0 Å². The molecule has 0 unspecified atom stereocenters. The number of carboxylic acids is 1. The average molecular weight is 465 g/mol. The van der Waals surface area contributed by atoms with Gasteiger partial charge in [0.1, 0.15) is 23.0 Å². The zero-order valence-electron chi connectivity index (χ0n) is 17.8. The molecule has 1 aliphatic heterocycles. The van der Waals surface area contributed by atoms with E-state index in [4.69, 9.17) is 16.0 Å². The minimum absolute atomic E-state index is 0.167. The molecule has 168 valence electrons. The van der Waals surface area contributed by atoms with Crippen LogP contribution in [-0.2, 0) is 9.59 Å². The van der Waals surface area contributed by atoms with Gasteiger partial charge in [0.2, 0.25) is 5.91 Å². The fourth-order valence-electron chi connectivity index (χ4n) is 4.46. The lowest BCUT2D eigenvalue weighted by atomic mass is 10.0. The molecule has 0 bridgehead atoms. The third-order valence-corrected chi connectivity index (χ3v) is 6.08. The Morgan fingerprint density at radius 2 is 2.03 bits per heavy atom. The van der Waals surface area contributed by atoms with Gasteiger partial charge in [-0.15, -0.1) is 0 Å². The third kappa shape index (κ3) is 4.09. The molecule has 2 aromatic heterocycles. The molecule has 0 saturated carbocycles. The molecule has 9 heteroatoms. The van der Waals surface area contributed by atoms with E-state index >= 15 is 0 Å². The first kappa shape index (κ1) is 21.2. The molecule has 33 heavy (non-hydrogen) atoms. The van der Waals surface area contributed by atoms with Crippen molar-refractivity contribution in [1.29, 1.82) is 0 Å². The molecule has 0 radical (unpaired) electrons. The van der Waals surface area contributed by atoms with E-state index in [-0.39, 0.29) is 18.2 Å². The molecular formula is C24H21ClN4O4. The Hall–Kier alpha value is -3.65. The number of benzene rings is 2. The Labute approximate surface area is 194 Å². The summed E-state index contributed by atoms with van der Waals surface area (Å²) in [7, 11) is 0. The Bertz CT molecular complexity index is 1390. The van der Waals surface area contributed by atoms with Gasteiger partial charge in [-0.3, -0.25) is 4.79 Å². The van der Waals surface area contributed by atoms with Crippen molar-refractivity contribution in [2.24, 2.45) is 5.92 Å². The van der Waals surface area contributed by atoms with E-state index in [9.17, 15) is 14.7 Å². The van der Waals surface area contributed by atoms with E-state index in [0.717, 1.165) is 5.39 Å². The van der Waals surface area contributed by atoms with Crippen molar-refractivity contribution in [2.75, 3.05) is 16.8 Å². The van der Waals surface area contributed by atoms with Crippen LogP contribution in [0, 0.1) is 12.8 Å². The van der Waals surface area contributed by atoms with Gasteiger partial charge in [-0.1, -0.05) is 29.8 Å². The summed E-state index contributed by atoms with van der Waals surface area (Å²) in [5.41, 5.74) is 2.38. The summed E-state index contributed by atoms with van der Waals surface area (Å²) in [6, 6.07) is 13.6. The maximum Gasteiger partial charge on any atom is 0.326 e. The number of nitrogens with zero attached hydrogens (tertiary/aromatic N) is 3. The number of halogens is 1. The van der Waals surface area contributed by atoms with Crippen LogP contribution in [0.15, 0.2) is 52.9 Å². The fraction of sp³-hybridized carbons (Fsp3) is 0.250. The molecule has 1 amide bonds. The fourth-order valence-corrected chi connectivity index (χ4v) is 4.65. The third-order valence-electron chi connectivity index (χ3n) is 5.84. The van der Waals surface area contributed by atoms with Crippen molar-refractivity contribution >= 4 is 57.1 Å². The first-order chi connectivity index (χ1) is 15.9. The number of anilines is 2. The molecule has 8 nitrogen and oxygen atoms in total. The lowest BCUT2D eigenvalue weighted by Gasteiger charge is -2.22. The van der Waals surface area contributed by atoms with Gasteiger partial charge >= 0.3 is 5.97 Å². The summed E-state index contributed by atoms with van der Waals surface area (Å²) in [6.07, 6.45) is 0.503. The maximum atomic E-state index is 12.6. The van der Waals surface area contributed by atoms with Gasteiger partial charge in [0, 0.05) is 29.1 Å². The minimum atomic E-state index is -0.965. The van der Waals surface area contributed by atoms with Crippen molar-refractivity contribution < 1.29 is 19.1 Å². The number of furan rings is 1. The quantitative estimate of drug-likeness (QED) is 0.442. The monoisotopic (exact) mass is 464 g/mol. The number of carboxylic acid groups (broad SMARTS) is 1. The van der Waals surface area contributed by atoms with Gasteiger partial charge in [-0.2, -0.15) is 0 Å². The Morgan fingerprint density at radius 3 is 2.82 bits per heavy atom. The van der Waals surface area contributed by atoms with Gasteiger partial charge in [0.15, 0.2) is 11.4 Å². The smallest absolute Gasteiger partial charge is 0.326 e. The number of rotatable bonds is 5. The predicted octanol–water partition coefficient (Wildman–Crippen LogP) is 4.65. The second-order valence-corrected chi connectivity index (χ2v) is 8.68. The lowest BCUT2D eigenvalue weighted by Crippen LogP contribution is -2.36. The van der Waals surface area contributed by atoms with Crippen LogP contribution in [0.1, 0.15) is 18.7 Å². The molecule has 5 rings (SSSR count). The number of hydrogen-bond acceptors (Lipinski definition) is 6. The highest BCUT2D eigenvalue weighted by atomic mass is 35.5. The Morgan fingerprint density at radius 1 is 1.21 bits per heavy atom. The largest absolute Gasteiger partial charge is 0.480 e. The Balaban J connectivity index is 1.44. The van der Waals surface area contributed by atoms with Crippen LogP contribution in [0.3, 0.4) is 0 Å². The van der Waals surface area contributed by atoms with Crippen LogP contribution in [0.4, 0.5) is 11.5 Å². The molecule has 0 spiro atoms. The lowest BCUT2D eigenvalue weighted by molar-refractivity contribution is -0.138. The molecular weight excluding hydrogens is 444 g/mol. The molecule has 0 aliphatic carbocycles. The summed E-state index contributed by atoms with van der Waals surface area (Å²) >= 11 is 5.99. The number of fused-ring (bicyclic) bond motifs is 3. The van der Waals surface area contributed by atoms with Gasteiger partial charge in [-0.25, -0.2) is 14.8 Å². The van der Waals surface area contributed by atoms with E-state index in [1.54, 1.807) is 36.1 Å². The highest BCUT2D eigenvalue weighted by molar-refractivity contribution is 6.30. The second-order valence-electron chi connectivity index (χ2n) is 8.24. The number of nitrogens with one attached hydrogen (secondary N) is 1. The number of amides is 1. The first-order valence-corrected chi connectivity index (χ1v) is 11.0. The molecule has 4 aromatic rings. The SMILES string of the molecule is Cc1nc(N2C[C@@H](CC(=O)Nc3cccc(Cl)c3)C[C@H]2C(=O)O)c2oc3ccccc3c2n1. The van der Waals surface area contributed by atoms with E-state index in [0.29, 0.717) is 52.0 Å². The number of aromatic nitrogens is 2. The number of carbonyl (C=O) groups excluding carboxylic acids is 1. The van der Waals surface area contributed by atoms with E-state index in [2.05, 4.69) is 15.3 Å². The van der Waals surface area contributed by atoms with Crippen molar-refractivity contribution in [1.82, 2.24) is 9.97 Å². The zero-order chi connectivity index (χ0) is 23.1. The number of aliphatic carboxylic acids is 1. The van der Waals surface area contributed by atoms with E-state index in [1.807, 2.05) is 24.3 Å². The summed E-state index contributed by atoms with van der Waals surface area (Å²) in [5, 5.41) is 14.1. The van der Waals surface area contributed by atoms with Crippen molar-refractivity contribution in [3.63, 3.8) is 0 Å². The molecule has 1 aliphatic rings. The number of aryl methyl sites for hydroxylation is 1. The molecule has 3 heterocycles. The van der Waals surface area contributed by atoms with Crippen molar-refractivity contribution in [2.45, 2.75) is 25.8 Å². The second kappa shape index (κ2) is 8.37. The minimum Gasteiger partial charge on any atom is -0.480 e. The van der Waals surface area contributed by atoms with Crippen LogP contribution in [0.25, 0.3) is 22.1 Å². The first-order valence-electron chi connectivity index (χ1n) is 10.6. The summed E-state index contributed by atoms with van der Waals surface area (Å²) in [4.78, 5) is 35.5. The number of para-hydroxylation sites is 1. The summed E-state index contributed by atoms with van der Waals surface area (Å²) in [5.74, 6) is -0.358. The number of hydrogen-bond donors (Lipinski definition) is 2. The Kier molecular flexibility index (Phi) is 5.38. The van der Waals surface area contributed by atoms with Gasteiger partial charge in [0.25, 0.3) is 0 Å². The average Bonchev–Trinajstić information content (AvgIpc) is 3.35. The topological polar surface area (TPSA) is 109 Å². The highest BCUT2D eigenvalue weighted by Gasteiger charge is 2.40. The molecule has 2 N–H and O–H groups in total. The van der Waals surface area contributed by atoms with E-state index < -0.39 is 12.0 Å². The molecule has 1 fully saturated rings. The van der Waals surface area contributed by atoms with Crippen LogP contribution in [0.2, 0.25) is 5.02 Å². The maximum absolute atomic E-state index is 12.6. The van der Waals surface area contributed by atoms with Gasteiger partial charge < -0.3 is 19.7 Å². The van der Waals surface area contributed by atoms with Gasteiger partial charge in [0.05, 0.1) is 0 Å². The van der Waals surface area contributed by atoms with Crippen LogP contribution >= 0.6 is 11.6 Å². The predicted molar refractivity (Wildman–Crippen MR) is 126 cm³/mol. The van der Waals surface area contributed by atoms with Crippen LogP contribution in [-0.4, -0.2) is 39.5 Å². The summed E-state index contributed by atoms with van der Waals surface area (Å²) < 4.78 is 6.03. The van der Waals surface area contributed by atoms with Gasteiger partial charge in [-0.05, 0) is 49.6 Å². The van der Waals surface area contributed by atoms with Crippen LogP contribution in [0.5, 0.6) is 0 Å². The van der Waals surface area contributed by atoms with Crippen molar-refractivity contribution in [3.8, 4) is 0 Å². The van der Waals surface area contributed by atoms with Crippen molar-refractivity contribution in [3.05, 3.63) is 59.4 Å². The summed E-state index contributed by atoms with van der Waals surface area (Å²) in [6.45, 7) is 2.13. The number of carbonyl (C=O) groups is 2. The normalized spacial score (nSPS) is 18.2.